The van der Waals surface area contributed by atoms with Gasteiger partial charge >= 0.3 is 0 Å². The molecule has 13 heavy (non-hydrogen) atoms. The third-order valence-electron chi connectivity index (χ3n) is 1.28. The van der Waals surface area contributed by atoms with Gasteiger partial charge in [0.05, 0.1) is 0 Å². The van der Waals surface area contributed by atoms with Crippen molar-refractivity contribution in [1.29, 1.82) is 0 Å². The molecule has 6 heteroatoms. The van der Waals surface area contributed by atoms with E-state index >= 15 is 0 Å². The molecule has 1 unspecified atom stereocenters. The van der Waals surface area contributed by atoms with Gasteiger partial charge in [-0.25, -0.2) is 4.72 Å². The minimum absolute atomic E-state index is 0.0155. The van der Waals surface area contributed by atoms with E-state index in [4.69, 9.17) is 5.73 Å². The van der Waals surface area contributed by atoms with Crippen LogP contribution >= 0.6 is 0 Å². The molecule has 0 radical (unpaired) electrons. The summed E-state index contributed by atoms with van der Waals surface area (Å²) in [5.74, 6) is 0. The number of hydrogen-bond donors (Lipinski definition) is 3. The van der Waals surface area contributed by atoms with Gasteiger partial charge in [-0.05, 0) is 27.2 Å². The molecule has 4 N–H and O–H groups in total. The Kier molecular flexibility index (Phi) is 5.46. The van der Waals surface area contributed by atoms with Crippen molar-refractivity contribution in [2.45, 2.75) is 39.3 Å². The topological polar surface area (TPSA) is 84.2 Å². The predicted molar refractivity (Wildman–Crippen MR) is 53.5 cm³/mol. The monoisotopic (exact) mass is 209 g/mol. The fourth-order valence-electron chi connectivity index (χ4n) is 0.773. The Morgan fingerprint density at radius 2 is 1.85 bits per heavy atom. The highest BCUT2D eigenvalue weighted by atomic mass is 32.2. The Morgan fingerprint density at radius 1 is 1.31 bits per heavy atom. The summed E-state index contributed by atoms with van der Waals surface area (Å²) in [4.78, 5) is 0. The molecule has 0 fully saturated rings. The summed E-state index contributed by atoms with van der Waals surface area (Å²) in [6.07, 6.45) is 0.638. The zero-order chi connectivity index (χ0) is 10.5. The highest BCUT2D eigenvalue weighted by molar-refractivity contribution is 7.87. The average molecular weight is 209 g/mol. The fourth-order valence-corrected chi connectivity index (χ4v) is 1.86. The van der Waals surface area contributed by atoms with E-state index in [1.54, 1.807) is 13.8 Å². The average Bonchev–Trinajstić information content (AvgIpc) is 1.81. The summed E-state index contributed by atoms with van der Waals surface area (Å²) >= 11 is 0. The van der Waals surface area contributed by atoms with Gasteiger partial charge in [-0.2, -0.15) is 13.1 Å². The molecule has 0 rings (SSSR count). The first kappa shape index (κ1) is 12.8. The number of nitrogens with two attached hydrogens (primary N) is 1. The number of rotatable bonds is 6. The van der Waals surface area contributed by atoms with Crippen molar-refractivity contribution in [2.75, 3.05) is 6.54 Å². The lowest BCUT2D eigenvalue weighted by molar-refractivity contribution is 0.548. The van der Waals surface area contributed by atoms with Gasteiger partial charge in [0, 0.05) is 18.6 Å². The first-order valence-electron chi connectivity index (χ1n) is 4.36. The highest BCUT2D eigenvalue weighted by Crippen LogP contribution is 1.87. The zero-order valence-corrected chi connectivity index (χ0v) is 9.19. The Balaban J connectivity index is 3.77. The molecule has 0 heterocycles. The summed E-state index contributed by atoms with van der Waals surface area (Å²) in [5, 5.41) is 0. The Bertz CT molecular complexity index is 224. The predicted octanol–water partition coefficient (Wildman–Crippen LogP) is -0.444. The molecule has 0 aromatic carbocycles. The first-order chi connectivity index (χ1) is 5.83. The van der Waals surface area contributed by atoms with Crippen molar-refractivity contribution in [3.63, 3.8) is 0 Å². The van der Waals surface area contributed by atoms with Crippen molar-refractivity contribution < 1.29 is 8.42 Å². The molecule has 0 aromatic rings. The zero-order valence-electron chi connectivity index (χ0n) is 8.37. The van der Waals surface area contributed by atoms with Gasteiger partial charge in [-0.15, -0.1) is 0 Å². The molecule has 5 nitrogen and oxygen atoms in total. The molecule has 0 amide bonds. The van der Waals surface area contributed by atoms with Gasteiger partial charge in [0.1, 0.15) is 0 Å². The Hall–Kier alpha value is -0.170. The lowest BCUT2D eigenvalue weighted by atomic mass is 10.3. The van der Waals surface area contributed by atoms with Crippen LogP contribution < -0.4 is 15.2 Å². The molecule has 0 saturated carbocycles. The normalized spacial score (nSPS) is 14.8. The van der Waals surface area contributed by atoms with Crippen LogP contribution in [0, 0.1) is 0 Å². The van der Waals surface area contributed by atoms with Crippen molar-refractivity contribution in [3.05, 3.63) is 0 Å². The van der Waals surface area contributed by atoms with Gasteiger partial charge in [0.2, 0.25) is 0 Å². The molecular formula is C7H19N3O2S. The first-order valence-corrected chi connectivity index (χ1v) is 5.84. The second-order valence-electron chi connectivity index (χ2n) is 3.44. The summed E-state index contributed by atoms with van der Waals surface area (Å²) in [7, 11) is -3.33. The molecule has 0 saturated heterocycles. The fraction of sp³-hybridized carbons (Fsp3) is 1.00. The van der Waals surface area contributed by atoms with E-state index in [2.05, 4.69) is 9.44 Å². The molecule has 80 valence electrons. The van der Waals surface area contributed by atoms with E-state index in [-0.39, 0.29) is 12.1 Å². The van der Waals surface area contributed by atoms with Gasteiger partial charge < -0.3 is 5.73 Å². The molecule has 0 aliphatic carbocycles. The Morgan fingerprint density at radius 3 is 2.23 bits per heavy atom. The smallest absolute Gasteiger partial charge is 0.277 e. The van der Waals surface area contributed by atoms with Crippen LogP contribution in [0.4, 0.5) is 0 Å². The quantitative estimate of drug-likeness (QED) is 0.554. The van der Waals surface area contributed by atoms with Gasteiger partial charge in [0.25, 0.3) is 10.2 Å². The maximum Gasteiger partial charge on any atom is 0.277 e. The van der Waals surface area contributed by atoms with Crippen LogP contribution in [-0.2, 0) is 10.2 Å². The van der Waals surface area contributed by atoms with E-state index < -0.39 is 10.2 Å². The standard InChI is InChI=1S/C7H19N3O2S/c1-6(2)10-13(11,12)9-5-4-7(3)8/h6-7,9-10H,4-5,8H2,1-3H3. The molecular weight excluding hydrogens is 190 g/mol. The van der Waals surface area contributed by atoms with Crippen LogP contribution in [0.15, 0.2) is 0 Å². The molecule has 0 aromatic heterocycles. The highest BCUT2D eigenvalue weighted by Gasteiger charge is 2.09. The van der Waals surface area contributed by atoms with Gasteiger partial charge in [-0.3, -0.25) is 0 Å². The van der Waals surface area contributed by atoms with E-state index in [1.807, 2.05) is 6.92 Å². The van der Waals surface area contributed by atoms with Crippen LogP contribution in [0.1, 0.15) is 27.2 Å². The maximum atomic E-state index is 11.2. The second-order valence-corrected chi connectivity index (χ2v) is 4.97. The van der Waals surface area contributed by atoms with Crippen LogP contribution in [-0.4, -0.2) is 27.0 Å². The molecule has 0 aliphatic heterocycles. The van der Waals surface area contributed by atoms with Crippen molar-refractivity contribution >= 4 is 10.2 Å². The van der Waals surface area contributed by atoms with E-state index in [9.17, 15) is 8.42 Å². The lowest BCUT2D eigenvalue weighted by Crippen LogP contribution is -2.41. The van der Waals surface area contributed by atoms with Gasteiger partial charge in [-0.1, -0.05) is 0 Å². The lowest BCUT2D eigenvalue weighted by Gasteiger charge is -2.11. The SMILES string of the molecule is CC(N)CCNS(=O)(=O)NC(C)C. The minimum atomic E-state index is -3.33. The van der Waals surface area contributed by atoms with E-state index in [0.29, 0.717) is 13.0 Å². The summed E-state index contributed by atoms with van der Waals surface area (Å²) in [6.45, 7) is 5.75. The molecule has 0 spiro atoms. The third kappa shape index (κ3) is 8.17. The van der Waals surface area contributed by atoms with Gasteiger partial charge in [0.15, 0.2) is 0 Å². The molecule has 0 aliphatic rings. The van der Waals surface area contributed by atoms with Crippen LogP contribution in [0.25, 0.3) is 0 Å². The summed E-state index contributed by atoms with van der Waals surface area (Å²) in [6, 6.07) is -0.0745. The van der Waals surface area contributed by atoms with Crippen molar-refractivity contribution in [1.82, 2.24) is 9.44 Å². The Labute approximate surface area is 80.3 Å². The van der Waals surface area contributed by atoms with E-state index in [0.717, 1.165) is 0 Å². The molecule has 1 atom stereocenters. The van der Waals surface area contributed by atoms with Crippen LogP contribution in [0.2, 0.25) is 0 Å². The third-order valence-corrected chi connectivity index (χ3v) is 2.65. The van der Waals surface area contributed by atoms with Crippen LogP contribution in [0.3, 0.4) is 0 Å². The largest absolute Gasteiger partial charge is 0.328 e. The maximum absolute atomic E-state index is 11.2. The van der Waals surface area contributed by atoms with Crippen molar-refractivity contribution in [2.24, 2.45) is 5.73 Å². The number of hydrogen-bond acceptors (Lipinski definition) is 3. The van der Waals surface area contributed by atoms with Crippen LogP contribution in [0.5, 0.6) is 0 Å². The number of nitrogens with one attached hydrogen (secondary N) is 2. The molecule has 0 bridgehead atoms. The second kappa shape index (κ2) is 5.54. The minimum Gasteiger partial charge on any atom is -0.328 e. The summed E-state index contributed by atoms with van der Waals surface area (Å²) < 4.78 is 27.1. The van der Waals surface area contributed by atoms with Crippen molar-refractivity contribution in [3.8, 4) is 0 Å². The summed E-state index contributed by atoms with van der Waals surface area (Å²) in [5.41, 5.74) is 5.47. The van der Waals surface area contributed by atoms with E-state index in [1.165, 1.54) is 0 Å².